The van der Waals surface area contributed by atoms with Gasteiger partial charge in [-0.2, -0.15) is 10.2 Å². The predicted octanol–water partition coefficient (Wildman–Crippen LogP) is 2.71. The second kappa shape index (κ2) is 6.81. The maximum atomic E-state index is 8.81. The zero-order valence-corrected chi connectivity index (χ0v) is 14.4. The van der Waals surface area contributed by atoms with Gasteiger partial charge in [0, 0.05) is 25.2 Å². The summed E-state index contributed by atoms with van der Waals surface area (Å²) in [4.78, 5) is 11.2. The van der Waals surface area contributed by atoms with E-state index in [2.05, 4.69) is 38.3 Å². The van der Waals surface area contributed by atoms with Crippen molar-refractivity contribution in [3.63, 3.8) is 0 Å². The van der Waals surface area contributed by atoms with Crippen molar-refractivity contribution in [2.24, 2.45) is 5.92 Å². The van der Waals surface area contributed by atoms with Crippen molar-refractivity contribution in [1.82, 2.24) is 20.0 Å². The molecule has 0 amide bonds. The molecule has 3 heterocycles. The summed E-state index contributed by atoms with van der Waals surface area (Å²) >= 11 is 0. The van der Waals surface area contributed by atoms with Gasteiger partial charge < -0.3 is 9.84 Å². The summed E-state index contributed by atoms with van der Waals surface area (Å²) in [5.41, 5.74) is 0.580. The Balaban J connectivity index is 1.28. The fraction of sp³-hybridized carbons (Fsp3) is 0.556. The number of nitrogens with one attached hydrogen (secondary N) is 1. The monoisotopic (exact) mass is 338 g/mol. The van der Waals surface area contributed by atoms with Crippen LogP contribution in [0.2, 0.25) is 0 Å². The molecule has 1 aliphatic heterocycles. The van der Waals surface area contributed by atoms with Crippen molar-refractivity contribution in [2.75, 3.05) is 25.0 Å². The lowest BCUT2D eigenvalue weighted by molar-refractivity contribution is 0.203. The number of nitriles is 1. The molecular weight excluding hydrogens is 316 g/mol. The summed E-state index contributed by atoms with van der Waals surface area (Å²) in [6.45, 7) is 5.06. The second-order valence-electron chi connectivity index (χ2n) is 7.02. The number of rotatable bonds is 6. The number of nitrogens with zero attached hydrogens (tertiary/aromatic N) is 5. The van der Waals surface area contributed by atoms with Crippen molar-refractivity contribution in [1.29, 1.82) is 5.26 Å². The first-order valence-electron chi connectivity index (χ1n) is 8.90. The molecule has 1 saturated carbocycles. The molecule has 2 fully saturated rings. The zero-order chi connectivity index (χ0) is 17.2. The smallest absolute Gasteiger partial charge is 0.243 e. The summed E-state index contributed by atoms with van der Waals surface area (Å²) in [5.74, 6) is 3.53. The molecule has 0 radical (unpaired) electrons. The predicted molar refractivity (Wildman–Crippen MR) is 91.8 cm³/mol. The number of hydrogen-bond donors (Lipinski definition) is 1. The largest absolute Gasteiger partial charge is 0.370 e. The lowest BCUT2D eigenvalue weighted by Gasteiger charge is -2.21. The average Bonchev–Trinajstić information content (AvgIpc) is 3.20. The molecule has 1 saturated heterocycles. The molecule has 0 bridgehead atoms. The Morgan fingerprint density at radius 3 is 3.00 bits per heavy atom. The molecule has 2 aromatic heterocycles. The van der Waals surface area contributed by atoms with Crippen molar-refractivity contribution in [3.8, 4) is 6.07 Å². The Labute approximate surface area is 147 Å². The van der Waals surface area contributed by atoms with E-state index < -0.39 is 0 Å². The van der Waals surface area contributed by atoms with Crippen molar-refractivity contribution < 1.29 is 4.52 Å². The minimum atomic E-state index is 0.165. The first-order chi connectivity index (χ1) is 12.2. The number of anilines is 1. The third-order valence-electron chi connectivity index (χ3n) is 5.09. The first-order valence-corrected chi connectivity index (χ1v) is 8.90. The number of hydrogen-bond acceptors (Lipinski definition) is 7. The fourth-order valence-electron chi connectivity index (χ4n) is 3.27. The Bertz CT molecular complexity index is 761. The highest BCUT2D eigenvalue weighted by atomic mass is 16.5. The van der Waals surface area contributed by atoms with E-state index in [-0.39, 0.29) is 6.04 Å². The fourth-order valence-corrected chi connectivity index (χ4v) is 3.27. The Morgan fingerprint density at radius 2 is 2.28 bits per heavy atom. The molecular formula is C18H22N6O. The summed E-state index contributed by atoms with van der Waals surface area (Å²) in [7, 11) is 0. The summed E-state index contributed by atoms with van der Waals surface area (Å²) in [6, 6.07) is 5.88. The van der Waals surface area contributed by atoms with Crippen molar-refractivity contribution in [3.05, 3.63) is 35.6 Å². The summed E-state index contributed by atoms with van der Waals surface area (Å²) in [6.07, 6.45) is 5.11. The van der Waals surface area contributed by atoms with E-state index in [1.807, 2.05) is 6.07 Å². The molecule has 1 N–H and O–H groups in total. The van der Waals surface area contributed by atoms with Crippen LogP contribution in [0.4, 0.5) is 5.82 Å². The van der Waals surface area contributed by atoms with E-state index in [1.54, 1.807) is 12.3 Å². The van der Waals surface area contributed by atoms with Gasteiger partial charge >= 0.3 is 0 Å². The van der Waals surface area contributed by atoms with Crippen LogP contribution < -0.4 is 5.32 Å². The van der Waals surface area contributed by atoms with Gasteiger partial charge in [-0.25, -0.2) is 4.98 Å². The minimum absolute atomic E-state index is 0.165. The van der Waals surface area contributed by atoms with Gasteiger partial charge in [0.25, 0.3) is 0 Å². The summed E-state index contributed by atoms with van der Waals surface area (Å²) in [5, 5.41) is 16.3. The second-order valence-corrected chi connectivity index (χ2v) is 7.02. The lowest BCUT2D eigenvalue weighted by atomic mass is 10.1. The standard InChI is InChI=1S/C18H22N6O/c1-12(18-22-17(23-25-18)15-3-4-15)24-7-6-14(11-24)10-21-16-5-2-13(8-19)9-20-16/h2,5,9,12,14-15H,3-4,6-7,10-11H2,1H3,(H,20,21)/t12-,14+/m1/s1. The highest BCUT2D eigenvalue weighted by Gasteiger charge is 2.32. The van der Waals surface area contributed by atoms with Gasteiger partial charge in [-0.1, -0.05) is 5.16 Å². The lowest BCUT2D eigenvalue weighted by Crippen LogP contribution is -2.26. The SMILES string of the molecule is C[C@H](c1nc(C2CC2)no1)N1CC[C@@H](CNc2ccc(C#N)cn2)C1. The van der Waals surface area contributed by atoms with Crippen LogP contribution in [0.5, 0.6) is 0 Å². The van der Waals surface area contributed by atoms with Crippen LogP contribution in [0.25, 0.3) is 0 Å². The van der Waals surface area contributed by atoms with Crippen LogP contribution in [-0.2, 0) is 0 Å². The van der Waals surface area contributed by atoms with E-state index in [0.29, 0.717) is 17.4 Å². The molecule has 0 unspecified atom stereocenters. The summed E-state index contributed by atoms with van der Waals surface area (Å²) < 4.78 is 5.47. The van der Waals surface area contributed by atoms with Crippen molar-refractivity contribution in [2.45, 2.75) is 38.1 Å². The van der Waals surface area contributed by atoms with Gasteiger partial charge in [-0.3, -0.25) is 4.90 Å². The van der Waals surface area contributed by atoms with Gasteiger partial charge in [-0.15, -0.1) is 0 Å². The number of pyridine rings is 1. The van der Waals surface area contributed by atoms with Crippen LogP contribution in [0.1, 0.15) is 55.4 Å². The highest BCUT2D eigenvalue weighted by molar-refractivity contribution is 5.38. The zero-order valence-electron chi connectivity index (χ0n) is 14.4. The third kappa shape index (κ3) is 3.64. The first kappa shape index (κ1) is 16.0. The van der Waals surface area contributed by atoms with E-state index in [1.165, 1.54) is 12.8 Å². The topological polar surface area (TPSA) is 90.9 Å². The van der Waals surface area contributed by atoms with Crippen LogP contribution in [-0.4, -0.2) is 39.7 Å². The van der Waals surface area contributed by atoms with Crippen LogP contribution in [0, 0.1) is 17.2 Å². The molecule has 2 aliphatic rings. The minimum Gasteiger partial charge on any atom is -0.370 e. The van der Waals surface area contributed by atoms with E-state index in [4.69, 9.17) is 9.78 Å². The highest BCUT2D eigenvalue weighted by Crippen LogP contribution is 2.39. The van der Waals surface area contributed by atoms with Gasteiger partial charge in [0.15, 0.2) is 5.82 Å². The van der Waals surface area contributed by atoms with Crippen LogP contribution in [0.3, 0.4) is 0 Å². The molecule has 7 heteroatoms. The third-order valence-corrected chi connectivity index (χ3v) is 5.09. The van der Waals surface area contributed by atoms with Gasteiger partial charge in [0.1, 0.15) is 11.9 Å². The van der Waals surface area contributed by atoms with E-state index in [9.17, 15) is 0 Å². The van der Waals surface area contributed by atoms with Gasteiger partial charge in [0.05, 0.1) is 11.6 Å². The molecule has 2 aromatic rings. The normalized spacial score (nSPS) is 21.8. The molecule has 130 valence electrons. The molecule has 25 heavy (non-hydrogen) atoms. The van der Waals surface area contributed by atoms with E-state index in [0.717, 1.165) is 43.6 Å². The maximum absolute atomic E-state index is 8.81. The van der Waals surface area contributed by atoms with Gasteiger partial charge in [-0.05, 0) is 50.8 Å². The molecule has 2 atom stereocenters. The van der Waals surface area contributed by atoms with Gasteiger partial charge in [0.2, 0.25) is 5.89 Å². The average molecular weight is 338 g/mol. The number of likely N-dealkylation sites (tertiary alicyclic amines) is 1. The molecule has 0 aromatic carbocycles. The Kier molecular flexibility index (Phi) is 4.36. The molecule has 4 rings (SSSR count). The number of aromatic nitrogens is 3. The molecule has 1 aliphatic carbocycles. The Hall–Kier alpha value is -2.46. The maximum Gasteiger partial charge on any atom is 0.243 e. The van der Waals surface area contributed by atoms with E-state index >= 15 is 0 Å². The van der Waals surface area contributed by atoms with Crippen LogP contribution >= 0.6 is 0 Å². The molecule has 0 spiro atoms. The quantitative estimate of drug-likeness (QED) is 0.866. The van der Waals surface area contributed by atoms with Crippen LogP contribution in [0.15, 0.2) is 22.9 Å². The Morgan fingerprint density at radius 1 is 1.40 bits per heavy atom. The van der Waals surface area contributed by atoms with Crippen molar-refractivity contribution >= 4 is 5.82 Å². The molecule has 7 nitrogen and oxygen atoms in total.